The van der Waals surface area contributed by atoms with Gasteiger partial charge < -0.3 is 5.21 Å². The first-order valence-corrected chi connectivity index (χ1v) is 9.88. The van der Waals surface area contributed by atoms with Gasteiger partial charge in [-0.3, -0.25) is 14.8 Å². The van der Waals surface area contributed by atoms with Crippen LogP contribution in [0, 0.1) is 10.1 Å². The second-order valence-corrected chi connectivity index (χ2v) is 7.86. The summed E-state index contributed by atoms with van der Waals surface area (Å²) in [5, 5.41) is 21.3. The Morgan fingerprint density at radius 3 is 2.34 bits per heavy atom. The highest BCUT2D eigenvalue weighted by atomic mass is 32.2. The quantitative estimate of drug-likeness (QED) is 0.294. The highest BCUT2D eigenvalue weighted by Crippen LogP contribution is 2.27. The molecule has 9 nitrogen and oxygen atoms in total. The number of benzene rings is 3. The molecule has 0 unspecified atom stereocenters. The molecule has 0 fully saturated rings. The molecule has 3 aromatic carbocycles. The first-order chi connectivity index (χ1) is 13.8. The first-order valence-electron chi connectivity index (χ1n) is 8.39. The minimum atomic E-state index is -3.72. The van der Waals surface area contributed by atoms with Gasteiger partial charge in [-0.15, -0.1) is 0 Å². The molecule has 0 atom stereocenters. The summed E-state index contributed by atoms with van der Waals surface area (Å²) < 4.78 is 28.0. The largest absolute Gasteiger partial charge is 0.426 e. The van der Waals surface area contributed by atoms with Crippen LogP contribution in [0.4, 0.5) is 11.4 Å². The lowest BCUT2D eigenvalue weighted by Crippen LogP contribution is -2.12. The molecule has 1 aromatic heterocycles. The smallest absolute Gasteiger partial charge is 0.271 e. The van der Waals surface area contributed by atoms with Gasteiger partial charge in [-0.2, -0.15) is 4.73 Å². The van der Waals surface area contributed by atoms with Gasteiger partial charge in [0.05, 0.1) is 15.3 Å². The fourth-order valence-electron chi connectivity index (χ4n) is 2.85. The van der Waals surface area contributed by atoms with Gasteiger partial charge in [0, 0.05) is 23.4 Å². The molecule has 146 valence electrons. The average Bonchev–Trinajstić information content (AvgIpc) is 3.05. The van der Waals surface area contributed by atoms with Crippen LogP contribution in [0.3, 0.4) is 0 Å². The van der Waals surface area contributed by atoms with Crippen LogP contribution in [-0.2, 0) is 10.0 Å². The van der Waals surface area contributed by atoms with E-state index < -0.39 is 14.9 Å². The molecular formula is C19H14N4O5S. The lowest BCUT2D eigenvalue weighted by atomic mass is 10.2. The van der Waals surface area contributed by atoms with E-state index in [0.717, 1.165) is 4.73 Å². The SMILES string of the molecule is O=[N+]([O-])c1ccc2nc(-c3ccc(NS(=O)(=O)c4ccccc4)cc3)n(O)c2c1. The average molecular weight is 410 g/mol. The van der Waals surface area contributed by atoms with Crippen molar-refractivity contribution >= 4 is 32.4 Å². The fourth-order valence-corrected chi connectivity index (χ4v) is 3.93. The monoisotopic (exact) mass is 410 g/mol. The highest BCUT2D eigenvalue weighted by molar-refractivity contribution is 7.92. The van der Waals surface area contributed by atoms with E-state index in [1.807, 2.05) is 0 Å². The lowest BCUT2D eigenvalue weighted by Gasteiger charge is -2.08. The summed E-state index contributed by atoms with van der Waals surface area (Å²) in [5.41, 5.74) is 1.28. The summed E-state index contributed by atoms with van der Waals surface area (Å²) in [4.78, 5) is 14.8. The summed E-state index contributed by atoms with van der Waals surface area (Å²) in [5.74, 6) is 0.179. The summed E-state index contributed by atoms with van der Waals surface area (Å²) in [7, 11) is -3.72. The van der Waals surface area contributed by atoms with E-state index in [0.29, 0.717) is 16.8 Å². The number of aromatic nitrogens is 2. The molecule has 0 spiro atoms. The molecule has 0 aliphatic carbocycles. The second-order valence-electron chi connectivity index (χ2n) is 6.17. The number of nitro groups is 1. The minimum Gasteiger partial charge on any atom is -0.426 e. The van der Waals surface area contributed by atoms with Crippen LogP contribution in [0.15, 0.2) is 77.7 Å². The Labute approximate surface area is 165 Å². The third kappa shape index (κ3) is 3.48. The predicted octanol–water partition coefficient (Wildman–Crippen LogP) is 3.65. The van der Waals surface area contributed by atoms with E-state index in [-0.39, 0.29) is 21.9 Å². The van der Waals surface area contributed by atoms with Crippen LogP contribution < -0.4 is 4.72 Å². The van der Waals surface area contributed by atoms with Crippen molar-refractivity contribution < 1.29 is 18.5 Å². The van der Waals surface area contributed by atoms with Crippen molar-refractivity contribution in [1.29, 1.82) is 0 Å². The van der Waals surface area contributed by atoms with Gasteiger partial charge in [-0.05, 0) is 42.5 Å². The molecule has 0 aliphatic heterocycles. The molecule has 0 radical (unpaired) electrons. The van der Waals surface area contributed by atoms with E-state index in [1.54, 1.807) is 30.3 Å². The number of imidazole rings is 1. The number of nitro benzene ring substituents is 1. The highest BCUT2D eigenvalue weighted by Gasteiger charge is 2.17. The molecule has 1 heterocycles. The van der Waals surface area contributed by atoms with E-state index in [4.69, 9.17) is 0 Å². The van der Waals surface area contributed by atoms with Gasteiger partial charge in [0.25, 0.3) is 15.7 Å². The lowest BCUT2D eigenvalue weighted by molar-refractivity contribution is -0.384. The molecular weight excluding hydrogens is 396 g/mol. The Bertz CT molecular complexity index is 1320. The number of hydrogen-bond donors (Lipinski definition) is 2. The Balaban J connectivity index is 1.64. The maximum Gasteiger partial charge on any atom is 0.271 e. The van der Waals surface area contributed by atoms with Crippen molar-refractivity contribution in [2.45, 2.75) is 4.90 Å². The molecule has 4 rings (SSSR count). The van der Waals surface area contributed by atoms with Crippen LogP contribution in [-0.4, -0.2) is 28.3 Å². The summed E-state index contributed by atoms with van der Waals surface area (Å²) in [6, 6.07) is 18.2. The van der Waals surface area contributed by atoms with Crippen LogP contribution in [0.1, 0.15) is 0 Å². The normalized spacial score (nSPS) is 11.4. The zero-order chi connectivity index (χ0) is 20.6. The maximum atomic E-state index is 12.4. The predicted molar refractivity (Wildman–Crippen MR) is 106 cm³/mol. The summed E-state index contributed by atoms with van der Waals surface area (Å²) >= 11 is 0. The molecule has 0 saturated carbocycles. The van der Waals surface area contributed by atoms with Crippen LogP contribution in [0.5, 0.6) is 0 Å². The zero-order valence-electron chi connectivity index (χ0n) is 14.8. The van der Waals surface area contributed by atoms with Crippen molar-refractivity contribution in [1.82, 2.24) is 9.71 Å². The number of nitrogens with zero attached hydrogens (tertiary/aromatic N) is 3. The molecule has 0 aliphatic rings. The number of rotatable bonds is 5. The molecule has 0 amide bonds. The van der Waals surface area contributed by atoms with E-state index in [2.05, 4.69) is 9.71 Å². The first kappa shape index (κ1) is 18.4. The van der Waals surface area contributed by atoms with Crippen LogP contribution in [0.25, 0.3) is 22.4 Å². The van der Waals surface area contributed by atoms with Gasteiger partial charge in [0.2, 0.25) is 0 Å². The van der Waals surface area contributed by atoms with E-state index in [9.17, 15) is 23.7 Å². The number of non-ortho nitro benzene ring substituents is 1. The Morgan fingerprint density at radius 1 is 1.00 bits per heavy atom. The van der Waals surface area contributed by atoms with Gasteiger partial charge in [-0.1, -0.05) is 18.2 Å². The molecule has 29 heavy (non-hydrogen) atoms. The van der Waals surface area contributed by atoms with Crippen molar-refractivity contribution in [3.8, 4) is 11.4 Å². The van der Waals surface area contributed by atoms with Gasteiger partial charge in [-0.25, -0.2) is 13.4 Å². The fraction of sp³-hybridized carbons (Fsp3) is 0. The second kappa shape index (κ2) is 6.91. The Morgan fingerprint density at radius 2 is 1.69 bits per heavy atom. The van der Waals surface area contributed by atoms with E-state index >= 15 is 0 Å². The number of fused-ring (bicyclic) bond motifs is 1. The molecule has 10 heteroatoms. The topological polar surface area (TPSA) is 127 Å². The molecule has 4 aromatic rings. The number of hydrogen-bond acceptors (Lipinski definition) is 6. The summed E-state index contributed by atoms with van der Waals surface area (Å²) in [6.07, 6.45) is 0. The Kier molecular flexibility index (Phi) is 4.40. The van der Waals surface area contributed by atoms with Gasteiger partial charge in [0.1, 0.15) is 5.52 Å². The van der Waals surface area contributed by atoms with Crippen molar-refractivity contribution in [3.63, 3.8) is 0 Å². The minimum absolute atomic E-state index is 0.142. The van der Waals surface area contributed by atoms with Crippen molar-refractivity contribution in [2.24, 2.45) is 0 Å². The Hall–Kier alpha value is -3.92. The van der Waals surface area contributed by atoms with E-state index in [1.165, 1.54) is 42.5 Å². The van der Waals surface area contributed by atoms with Crippen molar-refractivity contribution in [2.75, 3.05) is 4.72 Å². The third-order valence-corrected chi connectivity index (χ3v) is 5.67. The summed E-state index contributed by atoms with van der Waals surface area (Å²) in [6.45, 7) is 0. The molecule has 0 saturated heterocycles. The number of sulfonamides is 1. The van der Waals surface area contributed by atoms with Gasteiger partial charge in [0.15, 0.2) is 5.82 Å². The van der Waals surface area contributed by atoms with Gasteiger partial charge >= 0.3 is 0 Å². The third-order valence-electron chi connectivity index (χ3n) is 4.27. The number of nitrogens with one attached hydrogen (secondary N) is 1. The number of anilines is 1. The standard InChI is InChI=1S/C19H14N4O5S/c24-22-18-12-15(23(25)26)10-11-17(18)20-19(22)13-6-8-14(9-7-13)21-29(27,28)16-4-2-1-3-5-16/h1-12,21,24H. The molecule has 0 bridgehead atoms. The van der Waals surface area contributed by atoms with Crippen LogP contribution in [0.2, 0.25) is 0 Å². The van der Waals surface area contributed by atoms with Crippen LogP contribution >= 0.6 is 0 Å². The maximum absolute atomic E-state index is 12.4. The zero-order valence-corrected chi connectivity index (χ0v) is 15.6. The van der Waals surface area contributed by atoms with Crippen molar-refractivity contribution in [3.05, 3.63) is 82.9 Å². The molecule has 2 N–H and O–H groups in total.